The van der Waals surface area contributed by atoms with Gasteiger partial charge in [-0.3, -0.25) is 9.78 Å². The van der Waals surface area contributed by atoms with Crippen molar-refractivity contribution in [3.63, 3.8) is 0 Å². The number of nitrogens with zero attached hydrogens (tertiary/aromatic N) is 3. The van der Waals surface area contributed by atoms with Gasteiger partial charge >= 0.3 is 12.6 Å². The molecular formula is C18H17F2N3O3. The third-order valence-corrected chi connectivity index (χ3v) is 4.23. The summed E-state index contributed by atoms with van der Waals surface area (Å²) in [5, 5.41) is 0. The van der Waals surface area contributed by atoms with Gasteiger partial charge in [0.05, 0.1) is 5.69 Å². The SMILES string of the molecule is CC1(C)C(=O)N(c2ccc(OC(F)F)cc2)C(=O)N1Cc1ccncc1. The topological polar surface area (TPSA) is 62.7 Å². The van der Waals surface area contributed by atoms with Crippen molar-refractivity contribution in [3.05, 3.63) is 54.4 Å². The van der Waals surface area contributed by atoms with Crippen LogP contribution in [0, 0.1) is 0 Å². The van der Waals surface area contributed by atoms with E-state index in [2.05, 4.69) is 9.72 Å². The molecule has 0 bridgehead atoms. The number of amides is 3. The van der Waals surface area contributed by atoms with Crippen molar-refractivity contribution in [2.45, 2.75) is 32.5 Å². The van der Waals surface area contributed by atoms with Gasteiger partial charge in [-0.05, 0) is 55.8 Å². The molecule has 1 aliphatic rings. The van der Waals surface area contributed by atoms with Crippen LogP contribution in [0.4, 0.5) is 19.3 Å². The van der Waals surface area contributed by atoms with Crippen LogP contribution in [0.3, 0.4) is 0 Å². The second-order valence-electron chi connectivity index (χ2n) is 6.30. The zero-order valence-electron chi connectivity index (χ0n) is 14.2. The van der Waals surface area contributed by atoms with Gasteiger partial charge in [-0.1, -0.05) is 0 Å². The zero-order chi connectivity index (χ0) is 18.9. The summed E-state index contributed by atoms with van der Waals surface area (Å²) in [6.45, 7) is 0.653. The van der Waals surface area contributed by atoms with Crippen molar-refractivity contribution in [2.24, 2.45) is 0 Å². The molecule has 1 aromatic heterocycles. The maximum atomic E-state index is 12.9. The van der Waals surface area contributed by atoms with Gasteiger partial charge in [0, 0.05) is 18.9 Å². The van der Waals surface area contributed by atoms with E-state index in [-0.39, 0.29) is 18.2 Å². The highest BCUT2D eigenvalue weighted by Gasteiger charge is 2.51. The summed E-state index contributed by atoms with van der Waals surface area (Å²) >= 11 is 0. The summed E-state index contributed by atoms with van der Waals surface area (Å²) in [6, 6.07) is 8.46. The highest BCUT2D eigenvalue weighted by Crippen LogP contribution is 2.34. The van der Waals surface area contributed by atoms with Crippen LogP contribution in [-0.4, -0.2) is 34.0 Å². The molecule has 1 fully saturated rings. The van der Waals surface area contributed by atoms with Crippen molar-refractivity contribution in [1.29, 1.82) is 0 Å². The van der Waals surface area contributed by atoms with Crippen LogP contribution in [0.25, 0.3) is 0 Å². The minimum atomic E-state index is -2.94. The van der Waals surface area contributed by atoms with Crippen LogP contribution < -0.4 is 9.64 Å². The number of ether oxygens (including phenoxy) is 1. The van der Waals surface area contributed by atoms with Gasteiger partial charge in [0.25, 0.3) is 5.91 Å². The van der Waals surface area contributed by atoms with Crippen LogP contribution in [0.15, 0.2) is 48.8 Å². The number of aromatic nitrogens is 1. The molecule has 0 radical (unpaired) electrons. The monoisotopic (exact) mass is 361 g/mol. The first-order chi connectivity index (χ1) is 12.3. The molecule has 0 N–H and O–H groups in total. The van der Waals surface area contributed by atoms with Crippen LogP contribution >= 0.6 is 0 Å². The second kappa shape index (κ2) is 6.70. The van der Waals surface area contributed by atoms with E-state index in [4.69, 9.17) is 0 Å². The molecule has 0 unspecified atom stereocenters. The van der Waals surface area contributed by atoms with E-state index in [1.54, 1.807) is 38.4 Å². The van der Waals surface area contributed by atoms with Crippen molar-refractivity contribution in [1.82, 2.24) is 9.88 Å². The molecule has 0 aliphatic carbocycles. The Kier molecular flexibility index (Phi) is 4.58. The minimum Gasteiger partial charge on any atom is -0.435 e. The first-order valence-electron chi connectivity index (χ1n) is 7.90. The zero-order valence-corrected chi connectivity index (χ0v) is 14.2. The Labute approximate surface area is 149 Å². The Morgan fingerprint density at radius 3 is 2.27 bits per heavy atom. The number of carbonyl (C=O) groups is 2. The molecule has 0 atom stereocenters. The number of halogens is 2. The predicted molar refractivity (Wildman–Crippen MR) is 89.8 cm³/mol. The Bertz CT molecular complexity index is 810. The van der Waals surface area contributed by atoms with Crippen LogP contribution in [0.2, 0.25) is 0 Å². The van der Waals surface area contributed by atoms with Crippen molar-refractivity contribution in [2.75, 3.05) is 4.90 Å². The second-order valence-corrected chi connectivity index (χ2v) is 6.30. The Hall–Kier alpha value is -3.03. The summed E-state index contributed by atoms with van der Waals surface area (Å²) in [5.74, 6) is -0.435. The molecule has 1 saturated heterocycles. The lowest BCUT2D eigenvalue weighted by atomic mass is 10.0. The number of anilines is 1. The van der Waals surface area contributed by atoms with Gasteiger partial charge in [0.2, 0.25) is 0 Å². The maximum Gasteiger partial charge on any atom is 0.387 e. The van der Waals surface area contributed by atoms with Crippen LogP contribution in [0.1, 0.15) is 19.4 Å². The molecular weight excluding hydrogens is 344 g/mol. The number of pyridine rings is 1. The van der Waals surface area contributed by atoms with E-state index < -0.39 is 18.2 Å². The average molecular weight is 361 g/mol. The first kappa shape index (κ1) is 17.8. The molecule has 8 heteroatoms. The van der Waals surface area contributed by atoms with Gasteiger partial charge < -0.3 is 9.64 Å². The summed E-state index contributed by atoms with van der Waals surface area (Å²) in [7, 11) is 0. The van der Waals surface area contributed by atoms with Gasteiger partial charge in [0.15, 0.2) is 0 Å². The van der Waals surface area contributed by atoms with Gasteiger partial charge in [-0.2, -0.15) is 8.78 Å². The summed E-state index contributed by atoms with van der Waals surface area (Å²) < 4.78 is 28.8. The number of hydrogen-bond donors (Lipinski definition) is 0. The molecule has 136 valence electrons. The number of carbonyl (C=O) groups excluding carboxylic acids is 2. The molecule has 2 heterocycles. The first-order valence-corrected chi connectivity index (χ1v) is 7.90. The van der Waals surface area contributed by atoms with Crippen LogP contribution in [0.5, 0.6) is 5.75 Å². The quantitative estimate of drug-likeness (QED) is 0.766. The highest BCUT2D eigenvalue weighted by atomic mass is 19.3. The lowest BCUT2D eigenvalue weighted by Crippen LogP contribution is -2.43. The van der Waals surface area contributed by atoms with E-state index in [1.807, 2.05) is 0 Å². The molecule has 6 nitrogen and oxygen atoms in total. The standard InChI is InChI=1S/C18H17F2N3O3/c1-18(2)15(24)23(13-3-5-14(6-4-13)26-16(19)20)17(25)22(18)11-12-7-9-21-10-8-12/h3-10,16H,11H2,1-2H3. The number of imide groups is 1. The third kappa shape index (κ3) is 3.22. The fraction of sp³-hybridized carbons (Fsp3) is 0.278. The van der Waals surface area contributed by atoms with Crippen LogP contribution in [-0.2, 0) is 11.3 Å². The lowest BCUT2D eigenvalue weighted by molar-refractivity contribution is -0.123. The molecule has 1 aromatic carbocycles. The number of hydrogen-bond acceptors (Lipinski definition) is 4. The fourth-order valence-electron chi connectivity index (χ4n) is 2.78. The molecule has 3 rings (SSSR count). The van der Waals surface area contributed by atoms with Crippen molar-refractivity contribution in [3.8, 4) is 5.75 Å². The predicted octanol–water partition coefficient (Wildman–Crippen LogP) is 3.43. The van der Waals surface area contributed by atoms with E-state index in [9.17, 15) is 18.4 Å². The molecule has 0 saturated carbocycles. The summed E-state index contributed by atoms with van der Waals surface area (Å²) in [5.41, 5.74) is 0.0991. The fourth-order valence-corrected chi connectivity index (χ4v) is 2.78. The van der Waals surface area contributed by atoms with Gasteiger partial charge in [0.1, 0.15) is 11.3 Å². The van der Waals surface area contributed by atoms with E-state index in [1.165, 1.54) is 29.2 Å². The Morgan fingerprint density at radius 2 is 1.69 bits per heavy atom. The Morgan fingerprint density at radius 1 is 1.08 bits per heavy atom. The summed E-state index contributed by atoms with van der Waals surface area (Å²) in [4.78, 5) is 32.1. The number of alkyl halides is 2. The third-order valence-electron chi connectivity index (χ3n) is 4.23. The van der Waals surface area contributed by atoms with E-state index >= 15 is 0 Å². The molecule has 0 spiro atoms. The number of rotatable bonds is 5. The van der Waals surface area contributed by atoms with E-state index in [0.717, 1.165) is 10.5 Å². The number of benzene rings is 1. The van der Waals surface area contributed by atoms with Gasteiger partial charge in [-0.15, -0.1) is 0 Å². The smallest absolute Gasteiger partial charge is 0.387 e. The van der Waals surface area contributed by atoms with Gasteiger partial charge in [-0.25, -0.2) is 9.69 Å². The molecule has 2 aromatic rings. The average Bonchev–Trinajstić information content (AvgIpc) is 2.76. The maximum absolute atomic E-state index is 12.9. The highest BCUT2D eigenvalue weighted by molar-refractivity contribution is 6.22. The van der Waals surface area contributed by atoms with Crippen molar-refractivity contribution < 1.29 is 23.1 Å². The van der Waals surface area contributed by atoms with E-state index in [0.29, 0.717) is 5.69 Å². The molecule has 1 aliphatic heterocycles. The number of urea groups is 1. The van der Waals surface area contributed by atoms with Crippen molar-refractivity contribution >= 4 is 17.6 Å². The largest absolute Gasteiger partial charge is 0.435 e. The normalized spacial score (nSPS) is 16.5. The molecule has 3 amide bonds. The minimum absolute atomic E-state index is 0.0456. The molecule has 26 heavy (non-hydrogen) atoms. The Balaban J connectivity index is 1.87. The lowest BCUT2D eigenvalue weighted by Gasteiger charge is -2.27. The summed E-state index contributed by atoms with van der Waals surface area (Å²) in [6.07, 6.45) is 3.23.